The van der Waals surface area contributed by atoms with Crippen LogP contribution in [0, 0.1) is 17.0 Å². The monoisotopic (exact) mass is 407 g/mol. The smallest absolute Gasteiger partial charge is 0.329 e. The number of non-ortho nitro benzene ring substituents is 1. The maximum Gasteiger partial charge on any atom is 0.329 e. The molecule has 0 saturated heterocycles. The molecule has 0 atom stereocenters. The second-order valence-corrected chi connectivity index (χ2v) is 8.72. The minimum atomic E-state index is -4.44. The Labute approximate surface area is 162 Å². The van der Waals surface area contributed by atoms with E-state index in [1.165, 1.54) is 6.07 Å². The number of hydrogen-bond acceptors (Lipinski definition) is 6. The topological polar surface area (TPSA) is 128 Å². The number of carbonyl (C=O) groups is 1. The average Bonchev–Trinajstić information content (AvgIpc) is 2.54. The van der Waals surface area contributed by atoms with Crippen molar-refractivity contribution >= 4 is 21.7 Å². The fourth-order valence-electron chi connectivity index (χ4n) is 2.24. The molecule has 2 aromatic rings. The fourth-order valence-corrected chi connectivity index (χ4v) is 3.29. The van der Waals surface area contributed by atoms with Gasteiger partial charge in [-0.25, -0.2) is 17.9 Å². The third-order valence-electron chi connectivity index (χ3n) is 3.46. The Kier molecular flexibility index (Phi) is 5.93. The summed E-state index contributed by atoms with van der Waals surface area (Å²) in [7, 11) is -4.44. The molecule has 2 amide bonds. The van der Waals surface area contributed by atoms with Gasteiger partial charge in [-0.2, -0.15) is 0 Å². The minimum Gasteiger partial charge on any atom is -0.456 e. The summed E-state index contributed by atoms with van der Waals surface area (Å²) < 4.78 is 33.0. The van der Waals surface area contributed by atoms with Crippen molar-refractivity contribution in [3.63, 3.8) is 0 Å². The number of rotatable bonds is 5. The van der Waals surface area contributed by atoms with E-state index in [1.807, 2.05) is 4.72 Å². The summed E-state index contributed by atoms with van der Waals surface area (Å²) in [5, 5.41) is 13.5. The Bertz CT molecular complexity index is 1010. The highest BCUT2D eigenvalue weighted by Gasteiger charge is 2.27. The van der Waals surface area contributed by atoms with Crippen molar-refractivity contribution in [1.29, 1.82) is 0 Å². The maximum absolute atomic E-state index is 12.7. The second-order valence-electron chi connectivity index (χ2n) is 7.07. The molecule has 0 aliphatic heterocycles. The summed E-state index contributed by atoms with van der Waals surface area (Å²) in [5.74, 6) is 0.239. The van der Waals surface area contributed by atoms with Gasteiger partial charge < -0.3 is 10.1 Å². The lowest BCUT2D eigenvalue weighted by Crippen LogP contribution is -2.48. The number of aryl methyl sites for hydroxylation is 1. The molecule has 2 N–H and O–H groups in total. The van der Waals surface area contributed by atoms with Crippen LogP contribution >= 0.6 is 0 Å². The van der Waals surface area contributed by atoms with Crippen molar-refractivity contribution in [1.82, 2.24) is 10.0 Å². The van der Waals surface area contributed by atoms with E-state index in [0.29, 0.717) is 5.75 Å². The van der Waals surface area contributed by atoms with E-state index >= 15 is 0 Å². The third kappa shape index (κ3) is 5.43. The normalized spacial score (nSPS) is 11.6. The molecule has 9 nitrogen and oxygen atoms in total. The van der Waals surface area contributed by atoms with Crippen molar-refractivity contribution in [2.24, 2.45) is 0 Å². The van der Waals surface area contributed by atoms with Gasteiger partial charge in [-0.1, -0.05) is 18.2 Å². The third-order valence-corrected chi connectivity index (χ3v) is 4.81. The molecule has 0 unspecified atom stereocenters. The summed E-state index contributed by atoms with van der Waals surface area (Å²) in [6.45, 7) is 6.81. The number of sulfonamides is 1. The molecule has 0 fully saturated rings. The summed E-state index contributed by atoms with van der Waals surface area (Å²) in [5.41, 5.74) is -0.390. The lowest BCUT2D eigenvalue weighted by Gasteiger charge is -2.21. The molecule has 0 radical (unpaired) electrons. The molecule has 28 heavy (non-hydrogen) atoms. The van der Waals surface area contributed by atoms with Crippen LogP contribution in [0.1, 0.15) is 26.3 Å². The standard InChI is InChI=1S/C18H21N3O6S/c1-12-7-5-6-8-14(12)27-15-10-9-13(21(23)24)11-16(15)28(25,26)20-17(22)19-18(2,3)4/h5-11H,1-4H3,(H2,19,20,22). The van der Waals surface area contributed by atoms with E-state index in [9.17, 15) is 23.3 Å². The maximum atomic E-state index is 12.7. The molecular formula is C18H21N3O6S. The number of para-hydroxylation sites is 1. The number of nitro benzene ring substituents is 1. The Balaban J connectivity index is 2.47. The Morgan fingerprint density at radius 3 is 2.32 bits per heavy atom. The lowest BCUT2D eigenvalue weighted by atomic mass is 10.1. The first-order valence-corrected chi connectivity index (χ1v) is 9.74. The number of urea groups is 1. The van der Waals surface area contributed by atoms with E-state index in [1.54, 1.807) is 52.0 Å². The molecule has 10 heteroatoms. The predicted molar refractivity (Wildman–Crippen MR) is 103 cm³/mol. The van der Waals surface area contributed by atoms with Gasteiger partial charge in [-0.05, 0) is 45.4 Å². The van der Waals surface area contributed by atoms with Gasteiger partial charge >= 0.3 is 6.03 Å². The number of nitrogens with zero attached hydrogens (tertiary/aromatic N) is 1. The van der Waals surface area contributed by atoms with Crippen LogP contribution in [0.25, 0.3) is 0 Å². The van der Waals surface area contributed by atoms with Crippen molar-refractivity contribution in [2.45, 2.75) is 38.1 Å². The Morgan fingerprint density at radius 2 is 1.75 bits per heavy atom. The molecule has 2 rings (SSSR count). The first-order chi connectivity index (χ1) is 12.9. The largest absolute Gasteiger partial charge is 0.456 e. The first kappa shape index (κ1) is 21.2. The van der Waals surface area contributed by atoms with Gasteiger partial charge in [0, 0.05) is 17.7 Å². The van der Waals surface area contributed by atoms with Crippen molar-refractivity contribution < 1.29 is 22.9 Å². The van der Waals surface area contributed by atoms with Crippen LogP contribution in [0.4, 0.5) is 10.5 Å². The molecule has 0 bridgehead atoms. The van der Waals surface area contributed by atoms with Crippen LogP contribution in [0.15, 0.2) is 47.4 Å². The van der Waals surface area contributed by atoms with E-state index < -0.39 is 37.1 Å². The number of nitrogens with one attached hydrogen (secondary N) is 2. The molecule has 0 saturated carbocycles. The summed E-state index contributed by atoms with van der Waals surface area (Å²) in [4.78, 5) is 21.8. The summed E-state index contributed by atoms with van der Waals surface area (Å²) >= 11 is 0. The number of nitro groups is 1. The van der Waals surface area contributed by atoms with Crippen molar-refractivity contribution in [3.05, 3.63) is 58.1 Å². The van der Waals surface area contributed by atoms with Crippen LogP contribution < -0.4 is 14.8 Å². The molecule has 0 aliphatic carbocycles. The first-order valence-electron chi connectivity index (χ1n) is 8.26. The molecule has 150 valence electrons. The molecule has 0 heterocycles. The van der Waals surface area contributed by atoms with Gasteiger partial charge in [-0.15, -0.1) is 0 Å². The van der Waals surface area contributed by atoms with Crippen molar-refractivity contribution in [2.75, 3.05) is 0 Å². The lowest BCUT2D eigenvalue weighted by molar-refractivity contribution is -0.385. The number of hydrogen-bond donors (Lipinski definition) is 2. The van der Waals surface area contributed by atoms with Gasteiger partial charge in [0.05, 0.1) is 4.92 Å². The SMILES string of the molecule is Cc1ccccc1Oc1ccc([N+](=O)[O-])cc1S(=O)(=O)NC(=O)NC(C)(C)C. The van der Waals surface area contributed by atoms with E-state index in [2.05, 4.69) is 5.32 Å². The molecule has 2 aromatic carbocycles. The number of carbonyl (C=O) groups excluding carboxylic acids is 1. The number of benzene rings is 2. The Morgan fingerprint density at radius 1 is 1.11 bits per heavy atom. The zero-order valence-electron chi connectivity index (χ0n) is 15.8. The van der Waals surface area contributed by atoms with Crippen LogP contribution in [0.2, 0.25) is 0 Å². The van der Waals surface area contributed by atoms with Crippen LogP contribution in [0.3, 0.4) is 0 Å². The highest BCUT2D eigenvalue weighted by atomic mass is 32.2. The van der Waals surface area contributed by atoms with E-state index in [4.69, 9.17) is 4.74 Å². The molecule has 0 aromatic heterocycles. The minimum absolute atomic E-state index is 0.143. The molecule has 0 aliphatic rings. The van der Waals surface area contributed by atoms with E-state index in [-0.39, 0.29) is 5.75 Å². The van der Waals surface area contributed by atoms with Gasteiger partial charge in [0.15, 0.2) is 0 Å². The highest BCUT2D eigenvalue weighted by molar-refractivity contribution is 7.90. The summed E-state index contributed by atoms with van der Waals surface area (Å²) in [6, 6.07) is 9.09. The zero-order valence-corrected chi connectivity index (χ0v) is 16.7. The second kappa shape index (κ2) is 7.85. The van der Waals surface area contributed by atoms with Gasteiger partial charge in [0.1, 0.15) is 16.4 Å². The summed E-state index contributed by atoms with van der Waals surface area (Å²) in [6.07, 6.45) is 0. The Hall–Kier alpha value is -3.14. The van der Waals surface area contributed by atoms with Crippen molar-refractivity contribution in [3.8, 4) is 11.5 Å². The molecular weight excluding hydrogens is 386 g/mol. The van der Waals surface area contributed by atoms with E-state index in [0.717, 1.165) is 17.7 Å². The number of amides is 2. The van der Waals surface area contributed by atoms with Gasteiger partial charge in [-0.3, -0.25) is 10.1 Å². The predicted octanol–water partition coefficient (Wildman–Crippen LogP) is 3.48. The van der Waals surface area contributed by atoms with Gasteiger partial charge in [0.25, 0.3) is 15.7 Å². The molecule has 0 spiro atoms. The zero-order chi connectivity index (χ0) is 21.1. The quantitative estimate of drug-likeness (QED) is 0.577. The fraction of sp³-hybridized carbons (Fsp3) is 0.278. The number of ether oxygens (including phenoxy) is 1. The average molecular weight is 407 g/mol. The van der Waals surface area contributed by atoms with Crippen LogP contribution in [-0.4, -0.2) is 24.9 Å². The van der Waals surface area contributed by atoms with Gasteiger partial charge in [0.2, 0.25) is 0 Å². The highest BCUT2D eigenvalue weighted by Crippen LogP contribution is 2.33. The van der Waals surface area contributed by atoms with Crippen LogP contribution in [0.5, 0.6) is 11.5 Å². The van der Waals surface area contributed by atoms with Crippen LogP contribution in [-0.2, 0) is 10.0 Å².